The molecular weight excluding hydrogens is 439 g/mol. The Balaban J connectivity index is 2.65. The van der Waals surface area contributed by atoms with Gasteiger partial charge < -0.3 is 0 Å². The van der Waals surface area contributed by atoms with Gasteiger partial charge in [0, 0.05) is 0 Å². The molecule has 0 saturated carbocycles. The summed E-state index contributed by atoms with van der Waals surface area (Å²) in [7, 11) is -7.37. The first-order valence-electron chi connectivity index (χ1n) is 7.74. The van der Waals surface area contributed by atoms with Crippen molar-refractivity contribution in [2.45, 2.75) is 9.79 Å². The Bertz CT molecular complexity index is 1150. The Morgan fingerprint density at radius 1 is 0.931 bits per heavy atom. The van der Waals surface area contributed by atoms with Crippen molar-refractivity contribution in [1.29, 1.82) is 0 Å². The summed E-state index contributed by atoms with van der Waals surface area (Å²) < 4.78 is 72.3. The molecule has 1 N–H and O–H groups in total. The molecule has 150 valence electrons. The number of hydrogen-bond acceptors (Lipinski definition) is 9. The maximum atomic E-state index is 12.7. The number of benzene rings is 2. The van der Waals surface area contributed by atoms with Crippen LogP contribution in [0.25, 0.3) is 0 Å². The number of methoxy groups -OCH3 is 2. The molecule has 10 nitrogen and oxygen atoms in total. The van der Waals surface area contributed by atoms with Gasteiger partial charge >= 0.3 is 185 Å². The molecule has 29 heavy (non-hydrogen) atoms. The number of rotatable bonds is 6. The van der Waals surface area contributed by atoms with Gasteiger partial charge in [0.25, 0.3) is 0 Å². The van der Waals surface area contributed by atoms with Crippen LogP contribution >= 0.6 is 0 Å². The first-order valence-corrected chi connectivity index (χ1v) is 11.6. The van der Waals surface area contributed by atoms with Crippen molar-refractivity contribution in [3.8, 4) is 5.75 Å². The second-order valence-corrected chi connectivity index (χ2v) is 9.63. The average Bonchev–Trinajstić information content (AvgIpc) is 2.64. The molecule has 0 amide bonds. The molecule has 0 fully saturated rings. The molecular formula is C16H13NaO10S2. The zero-order valence-electron chi connectivity index (χ0n) is 15.4. The zero-order chi connectivity index (χ0) is 22.0. The summed E-state index contributed by atoms with van der Waals surface area (Å²) >= 11 is 0.173. The Kier molecular flexibility index (Phi) is 7.09. The van der Waals surface area contributed by atoms with Gasteiger partial charge in [0.15, 0.2) is 0 Å². The van der Waals surface area contributed by atoms with Crippen LogP contribution in [0, 0.1) is 0 Å². The van der Waals surface area contributed by atoms with Crippen molar-refractivity contribution in [3.63, 3.8) is 0 Å². The van der Waals surface area contributed by atoms with Crippen molar-refractivity contribution < 1.29 is 44.6 Å². The van der Waals surface area contributed by atoms with E-state index in [1.165, 1.54) is 12.1 Å². The quantitative estimate of drug-likeness (QED) is 0.276. The summed E-state index contributed by atoms with van der Waals surface area (Å²) in [6, 6.07) is 6.65. The van der Waals surface area contributed by atoms with Crippen molar-refractivity contribution in [2.24, 2.45) is 0 Å². The van der Waals surface area contributed by atoms with Crippen LogP contribution in [0.3, 0.4) is 0 Å². The van der Waals surface area contributed by atoms with Gasteiger partial charge in [-0.25, -0.2) is 0 Å². The van der Waals surface area contributed by atoms with Gasteiger partial charge in [-0.2, -0.15) is 0 Å². The van der Waals surface area contributed by atoms with E-state index in [4.69, 9.17) is 4.18 Å². The van der Waals surface area contributed by atoms with E-state index in [-0.39, 0.29) is 41.9 Å². The summed E-state index contributed by atoms with van der Waals surface area (Å²) in [6.45, 7) is 0. The molecule has 0 aromatic heterocycles. The van der Waals surface area contributed by atoms with E-state index in [1.807, 2.05) is 0 Å². The molecule has 0 radical (unpaired) electrons. The van der Waals surface area contributed by atoms with Crippen molar-refractivity contribution in [3.05, 3.63) is 47.5 Å². The first-order chi connectivity index (χ1) is 13.4. The second kappa shape index (κ2) is 8.81. The van der Waals surface area contributed by atoms with E-state index in [9.17, 15) is 31.0 Å². The third-order valence-electron chi connectivity index (χ3n) is 3.67. The van der Waals surface area contributed by atoms with E-state index < -0.39 is 47.7 Å². The van der Waals surface area contributed by atoms with Gasteiger partial charge in [-0.05, 0) is 0 Å². The van der Waals surface area contributed by atoms with Crippen LogP contribution in [0.2, 0.25) is 0 Å². The second-order valence-electron chi connectivity index (χ2n) is 5.64. The van der Waals surface area contributed by atoms with E-state index in [0.717, 1.165) is 38.5 Å². The average molecular weight is 452 g/mol. The third kappa shape index (κ3) is 5.35. The minimum absolute atomic E-state index is 0.173. The number of carbonyl (C=O) groups excluding carboxylic acids is 2. The van der Waals surface area contributed by atoms with Crippen molar-refractivity contribution in [2.75, 3.05) is 14.2 Å². The van der Waals surface area contributed by atoms with Gasteiger partial charge in [-0.1, -0.05) is 0 Å². The number of esters is 2. The summed E-state index contributed by atoms with van der Waals surface area (Å²) in [5.41, 5.74) is -0.548. The molecule has 0 heterocycles. The molecule has 2 rings (SSSR count). The fraction of sp³-hybridized carbons (Fsp3) is 0.125. The van der Waals surface area contributed by atoms with Crippen LogP contribution in [-0.2, 0) is 29.7 Å². The third-order valence-corrected chi connectivity index (χ3v) is 7.12. The molecule has 0 bridgehead atoms. The molecule has 0 spiro atoms. The molecule has 0 aliphatic rings. The molecule has 2 aromatic rings. The van der Waals surface area contributed by atoms with Crippen LogP contribution < -0.4 is 7.00 Å². The SMILES string of the molecule is COC(=O)c1cc(C(=O)OC)cc(S(=O)(=O)Oc2ccc[c]([Na])c2S(=O)(=O)O)c1. The molecule has 0 atom stereocenters. The van der Waals surface area contributed by atoms with Crippen molar-refractivity contribution in [1.82, 2.24) is 0 Å². The van der Waals surface area contributed by atoms with Crippen LogP contribution in [0.1, 0.15) is 20.7 Å². The van der Waals surface area contributed by atoms with Crippen LogP contribution in [0.15, 0.2) is 46.2 Å². The summed E-state index contributed by atoms with van der Waals surface area (Å²) in [5.74, 6) is -2.47. The predicted octanol–water partition coefficient (Wildman–Crippen LogP) is 0.0680. The molecule has 0 aliphatic carbocycles. The Labute approximate surface area is 184 Å². The van der Waals surface area contributed by atoms with E-state index in [2.05, 4.69) is 9.47 Å². The summed E-state index contributed by atoms with van der Waals surface area (Å²) in [6.07, 6.45) is 0. The minimum atomic E-state index is -4.77. The number of carbonyl (C=O) groups is 2. The first kappa shape index (κ1) is 23.3. The predicted molar refractivity (Wildman–Crippen MR) is 98.6 cm³/mol. The fourth-order valence-electron chi connectivity index (χ4n) is 2.40. The van der Waals surface area contributed by atoms with E-state index in [0.29, 0.717) is 0 Å². The van der Waals surface area contributed by atoms with E-state index >= 15 is 0 Å². The van der Waals surface area contributed by atoms with E-state index in [1.54, 1.807) is 0 Å². The molecule has 0 saturated heterocycles. The van der Waals surface area contributed by atoms with Gasteiger partial charge in [-0.3, -0.25) is 0 Å². The summed E-state index contributed by atoms with van der Waals surface area (Å²) in [4.78, 5) is 22.4. The zero-order valence-corrected chi connectivity index (χ0v) is 19.0. The normalized spacial score (nSPS) is 11.6. The fourth-order valence-corrected chi connectivity index (χ4v) is 5.52. The molecule has 13 heteroatoms. The monoisotopic (exact) mass is 452 g/mol. The van der Waals surface area contributed by atoms with Crippen molar-refractivity contribution >= 4 is 62.9 Å². The van der Waals surface area contributed by atoms with Gasteiger partial charge in [0.05, 0.1) is 0 Å². The maximum absolute atomic E-state index is 12.7. The standard InChI is InChI=1S/C16H13O10S2.Na/c1-24-15(17)10-7-11(16(18)25-2)9-12(8-10)28(22,23)26-13-5-3-4-6-14(13)27(19,20)21;/h3-5,7-9H,1-2H3,(H,19,20,21);. The van der Waals surface area contributed by atoms with Crippen LogP contribution in [-0.4, -0.2) is 75.5 Å². The van der Waals surface area contributed by atoms with Gasteiger partial charge in [0.2, 0.25) is 0 Å². The Morgan fingerprint density at radius 2 is 1.45 bits per heavy atom. The van der Waals surface area contributed by atoms with Crippen LogP contribution in [0.5, 0.6) is 5.75 Å². The Hall–Kier alpha value is -1.96. The molecule has 0 aliphatic heterocycles. The van der Waals surface area contributed by atoms with Crippen LogP contribution in [0.4, 0.5) is 0 Å². The number of ether oxygens (including phenoxy) is 2. The Morgan fingerprint density at radius 3 is 1.90 bits per heavy atom. The topological polar surface area (TPSA) is 150 Å². The van der Waals surface area contributed by atoms with Gasteiger partial charge in [0.1, 0.15) is 0 Å². The molecule has 2 aromatic carbocycles. The number of hydrogen-bond donors (Lipinski definition) is 1. The van der Waals surface area contributed by atoms with Gasteiger partial charge in [-0.15, -0.1) is 0 Å². The molecule has 0 unspecified atom stereocenters. The summed E-state index contributed by atoms with van der Waals surface area (Å²) in [5, 5.41) is 0.